The molecular formula is C22H36IN5O3. The Labute approximate surface area is 202 Å². The normalized spacial score (nSPS) is 14.5. The Morgan fingerprint density at radius 2 is 1.81 bits per heavy atom. The van der Waals surface area contributed by atoms with Gasteiger partial charge in [-0.15, -0.1) is 24.0 Å². The molecule has 1 aliphatic rings. The highest BCUT2D eigenvalue weighted by Gasteiger charge is 2.24. The lowest BCUT2D eigenvalue weighted by molar-refractivity contribution is -0.127. The van der Waals surface area contributed by atoms with E-state index in [9.17, 15) is 9.59 Å². The quantitative estimate of drug-likeness (QED) is 0.313. The van der Waals surface area contributed by atoms with Crippen molar-refractivity contribution in [1.82, 2.24) is 20.4 Å². The second kappa shape index (κ2) is 14.1. The SMILES string of the molecule is CCOC(=O)N1CCC(NC(=NCc2ccccc2CC)NCC(=O)N(C)C)CC1.I. The van der Waals surface area contributed by atoms with Crippen molar-refractivity contribution in [2.45, 2.75) is 45.7 Å². The van der Waals surface area contributed by atoms with Crippen LogP contribution in [-0.2, 0) is 22.5 Å². The maximum Gasteiger partial charge on any atom is 0.409 e. The minimum Gasteiger partial charge on any atom is -0.450 e. The zero-order valence-corrected chi connectivity index (χ0v) is 21.3. The lowest BCUT2D eigenvalue weighted by atomic mass is 10.1. The van der Waals surface area contributed by atoms with E-state index in [1.165, 1.54) is 11.1 Å². The van der Waals surface area contributed by atoms with Gasteiger partial charge in [-0.1, -0.05) is 31.2 Å². The number of aliphatic imine (C=N–C) groups is 1. The number of guanidine groups is 1. The lowest BCUT2D eigenvalue weighted by Crippen LogP contribution is -2.51. The molecule has 0 atom stereocenters. The first kappa shape index (κ1) is 27.0. The molecule has 1 heterocycles. The van der Waals surface area contributed by atoms with Gasteiger partial charge in [-0.2, -0.15) is 0 Å². The molecule has 2 rings (SSSR count). The molecule has 0 bridgehead atoms. The van der Waals surface area contributed by atoms with Crippen molar-refractivity contribution in [3.63, 3.8) is 0 Å². The molecule has 1 fully saturated rings. The third kappa shape index (κ3) is 8.92. The van der Waals surface area contributed by atoms with E-state index in [0.29, 0.717) is 32.2 Å². The maximum absolute atomic E-state index is 12.0. The number of rotatable bonds is 7. The van der Waals surface area contributed by atoms with Gasteiger partial charge in [0.25, 0.3) is 0 Å². The van der Waals surface area contributed by atoms with Gasteiger partial charge >= 0.3 is 6.09 Å². The molecule has 0 aromatic heterocycles. The molecule has 2 N–H and O–H groups in total. The summed E-state index contributed by atoms with van der Waals surface area (Å²) in [5.41, 5.74) is 2.45. The minimum atomic E-state index is -0.254. The number of benzene rings is 1. The highest BCUT2D eigenvalue weighted by molar-refractivity contribution is 14.0. The van der Waals surface area contributed by atoms with Crippen molar-refractivity contribution < 1.29 is 14.3 Å². The summed E-state index contributed by atoms with van der Waals surface area (Å²) in [5, 5.41) is 6.59. The second-order valence-corrected chi connectivity index (χ2v) is 7.53. The van der Waals surface area contributed by atoms with Crippen molar-refractivity contribution in [2.75, 3.05) is 40.3 Å². The van der Waals surface area contributed by atoms with Crippen molar-refractivity contribution in [3.05, 3.63) is 35.4 Å². The van der Waals surface area contributed by atoms with E-state index in [4.69, 9.17) is 9.73 Å². The van der Waals surface area contributed by atoms with Crippen molar-refractivity contribution in [1.29, 1.82) is 0 Å². The fraction of sp³-hybridized carbons (Fsp3) is 0.591. The number of amides is 2. The monoisotopic (exact) mass is 545 g/mol. The average Bonchev–Trinajstić information content (AvgIpc) is 2.76. The molecular weight excluding hydrogens is 509 g/mol. The summed E-state index contributed by atoms with van der Waals surface area (Å²) in [7, 11) is 3.47. The van der Waals surface area contributed by atoms with Gasteiger partial charge < -0.3 is 25.2 Å². The van der Waals surface area contributed by atoms with E-state index in [-0.39, 0.29) is 48.6 Å². The molecule has 174 valence electrons. The number of halogens is 1. The average molecular weight is 545 g/mol. The van der Waals surface area contributed by atoms with Gasteiger partial charge in [0.15, 0.2) is 5.96 Å². The molecule has 1 aromatic rings. The molecule has 2 amide bonds. The number of nitrogens with one attached hydrogen (secondary N) is 2. The standard InChI is InChI=1S/C22H35N5O3.HI/c1-5-17-9-7-8-10-18(17)15-23-21(24-16-20(28)26(3)4)25-19-11-13-27(14-12-19)22(29)30-6-2;/h7-10,19H,5-6,11-16H2,1-4H3,(H2,23,24,25);1H. The summed E-state index contributed by atoms with van der Waals surface area (Å²) in [6, 6.07) is 8.44. The molecule has 9 heteroatoms. The van der Waals surface area contributed by atoms with Gasteiger partial charge in [-0.3, -0.25) is 4.79 Å². The number of aryl methyl sites for hydroxylation is 1. The fourth-order valence-electron chi connectivity index (χ4n) is 3.31. The van der Waals surface area contributed by atoms with Gasteiger partial charge in [0.2, 0.25) is 5.91 Å². The van der Waals surface area contributed by atoms with Crippen molar-refractivity contribution >= 4 is 41.9 Å². The van der Waals surface area contributed by atoms with Crippen molar-refractivity contribution in [2.24, 2.45) is 4.99 Å². The Balaban J connectivity index is 0.00000480. The van der Waals surface area contributed by atoms with Gasteiger partial charge in [-0.25, -0.2) is 9.79 Å². The highest BCUT2D eigenvalue weighted by atomic mass is 127. The van der Waals surface area contributed by atoms with Crippen LogP contribution in [0.3, 0.4) is 0 Å². The largest absolute Gasteiger partial charge is 0.450 e. The molecule has 0 saturated carbocycles. The number of likely N-dealkylation sites (tertiary alicyclic amines) is 1. The Hall–Kier alpha value is -2.04. The lowest BCUT2D eigenvalue weighted by Gasteiger charge is -2.32. The number of hydrogen-bond acceptors (Lipinski definition) is 4. The van der Waals surface area contributed by atoms with Crippen LogP contribution in [0.25, 0.3) is 0 Å². The summed E-state index contributed by atoms with van der Waals surface area (Å²) in [5.74, 6) is 0.598. The molecule has 0 aliphatic carbocycles. The van der Waals surface area contributed by atoms with Crippen LogP contribution in [-0.4, -0.2) is 74.1 Å². The predicted octanol–water partition coefficient (Wildman–Crippen LogP) is 2.61. The zero-order valence-electron chi connectivity index (χ0n) is 19.0. The third-order valence-electron chi connectivity index (χ3n) is 5.17. The van der Waals surface area contributed by atoms with E-state index >= 15 is 0 Å². The first-order chi connectivity index (χ1) is 14.4. The summed E-state index contributed by atoms with van der Waals surface area (Å²) < 4.78 is 5.08. The molecule has 1 aliphatic heterocycles. The summed E-state index contributed by atoms with van der Waals surface area (Å²) >= 11 is 0. The van der Waals surface area contributed by atoms with Gasteiger partial charge in [0.1, 0.15) is 0 Å². The molecule has 1 aromatic carbocycles. The minimum absolute atomic E-state index is 0. The molecule has 8 nitrogen and oxygen atoms in total. The van der Waals surface area contributed by atoms with Crippen LogP contribution in [0.2, 0.25) is 0 Å². The number of hydrogen-bond donors (Lipinski definition) is 2. The van der Waals surface area contributed by atoms with Crippen LogP contribution in [0.5, 0.6) is 0 Å². The van der Waals surface area contributed by atoms with E-state index in [0.717, 1.165) is 19.3 Å². The summed E-state index contributed by atoms with van der Waals surface area (Å²) in [4.78, 5) is 31.9. The zero-order chi connectivity index (χ0) is 21.9. The van der Waals surface area contributed by atoms with Crippen LogP contribution in [0.4, 0.5) is 4.79 Å². The molecule has 0 unspecified atom stereocenters. The van der Waals surface area contributed by atoms with E-state index in [1.54, 1.807) is 23.9 Å². The van der Waals surface area contributed by atoms with Crippen LogP contribution in [0.1, 0.15) is 37.8 Å². The number of carbonyl (C=O) groups is 2. The Morgan fingerprint density at radius 3 is 2.39 bits per heavy atom. The van der Waals surface area contributed by atoms with Crippen molar-refractivity contribution in [3.8, 4) is 0 Å². The number of nitrogens with zero attached hydrogens (tertiary/aromatic N) is 3. The molecule has 31 heavy (non-hydrogen) atoms. The van der Waals surface area contributed by atoms with Gasteiger partial charge in [-0.05, 0) is 37.3 Å². The number of piperidine rings is 1. The summed E-state index contributed by atoms with van der Waals surface area (Å²) in [6.07, 6.45) is 2.29. The fourth-order valence-corrected chi connectivity index (χ4v) is 3.31. The first-order valence-corrected chi connectivity index (χ1v) is 10.7. The van der Waals surface area contributed by atoms with Gasteiger partial charge in [0, 0.05) is 33.2 Å². The van der Waals surface area contributed by atoms with Crippen LogP contribution < -0.4 is 10.6 Å². The van der Waals surface area contributed by atoms with Crippen LogP contribution in [0.15, 0.2) is 29.3 Å². The Bertz CT molecular complexity index is 734. The second-order valence-electron chi connectivity index (χ2n) is 7.53. The third-order valence-corrected chi connectivity index (χ3v) is 5.17. The molecule has 1 saturated heterocycles. The van der Waals surface area contributed by atoms with E-state index in [1.807, 2.05) is 19.1 Å². The molecule has 0 radical (unpaired) electrons. The van der Waals surface area contributed by atoms with Gasteiger partial charge in [0.05, 0.1) is 19.7 Å². The number of ether oxygens (including phenoxy) is 1. The number of likely N-dealkylation sites (N-methyl/N-ethyl adjacent to an activating group) is 1. The Morgan fingerprint density at radius 1 is 1.16 bits per heavy atom. The van der Waals surface area contributed by atoms with Crippen LogP contribution >= 0.6 is 24.0 Å². The number of carbonyl (C=O) groups excluding carboxylic acids is 2. The highest BCUT2D eigenvalue weighted by Crippen LogP contribution is 2.13. The maximum atomic E-state index is 12.0. The smallest absolute Gasteiger partial charge is 0.409 e. The van der Waals surface area contributed by atoms with Crippen LogP contribution in [0, 0.1) is 0 Å². The molecule has 0 spiro atoms. The first-order valence-electron chi connectivity index (χ1n) is 10.7. The summed E-state index contributed by atoms with van der Waals surface area (Å²) in [6.45, 7) is 6.32. The predicted molar refractivity (Wildman–Crippen MR) is 134 cm³/mol. The van der Waals surface area contributed by atoms with E-state index in [2.05, 4.69) is 29.7 Å². The topological polar surface area (TPSA) is 86.3 Å². The van der Waals surface area contributed by atoms with E-state index < -0.39 is 0 Å². The Kier molecular flexibility index (Phi) is 12.3.